The number of sulfone groups is 1. The van der Waals surface area contributed by atoms with Crippen molar-refractivity contribution in [3.8, 4) is 17.2 Å². The van der Waals surface area contributed by atoms with Crippen LogP contribution in [0, 0.1) is 6.92 Å². The number of nitrogens with zero attached hydrogens (tertiary/aromatic N) is 1. The Kier molecular flexibility index (Phi) is 4.90. The first kappa shape index (κ1) is 17.2. The van der Waals surface area contributed by atoms with Gasteiger partial charge in [0.25, 0.3) is 0 Å². The maximum atomic E-state index is 12.4. The van der Waals surface area contributed by atoms with Gasteiger partial charge in [0, 0.05) is 5.56 Å². The molecule has 0 fully saturated rings. The number of hydrogen-bond donors (Lipinski definition) is 0. The van der Waals surface area contributed by atoms with E-state index in [1.165, 1.54) is 6.26 Å². The minimum Gasteiger partial charge on any atom is -0.497 e. The van der Waals surface area contributed by atoms with E-state index in [0.29, 0.717) is 11.6 Å². The van der Waals surface area contributed by atoms with Gasteiger partial charge in [-0.25, -0.2) is 13.4 Å². The molecule has 3 rings (SSSR count). The van der Waals surface area contributed by atoms with Crippen molar-refractivity contribution in [2.75, 3.05) is 7.11 Å². The molecule has 2 aromatic carbocycles. The highest BCUT2D eigenvalue weighted by molar-refractivity contribution is 7.89. The lowest BCUT2D eigenvalue weighted by Gasteiger charge is -2.03. The molecule has 0 unspecified atom stereocenters. The summed E-state index contributed by atoms with van der Waals surface area (Å²) in [4.78, 5) is 4.29. The van der Waals surface area contributed by atoms with Gasteiger partial charge in [-0.3, -0.25) is 0 Å². The topological polar surface area (TPSA) is 69.4 Å². The Balaban J connectivity index is 1.73. The molecular formula is C19H19NO4S. The van der Waals surface area contributed by atoms with Gasteiger partial charge in [-0.1, -0.05) is 29.8 Å². The van der Waals surface area contributed by atoms with Gasteiger partial charge in [0.15, 0.2) is 9.84 Å². The summed E-state index contributed by atoms with van der Waals surface area (Å²) in [5.41, 5.74) is 2.98. The third-order valence-corrected chi connectivity index (χ3v) is 5.23. The Morgan fingerprint density at radius 1 is 1.08 bits per heavy atom. The van der Waals surface area contributed by atoms with Crippen LogP contribution in [0.1, 0.15) is 16.8 Å². The average molecular weight is 357 g/mol. The van der Waals surface area contributed by atoms with Gasteiger partial charge in [0.05, 0.1) is 24.3 Å². The molecular weight excluding hydrogens is 338 g/mol. The maximum absolute atomic E-state index is 12.4. The van der Waals surface area contributed by atoms with E-state index in [1.807, 2.05) is 43.3 Å². The van der Waals surface area contributed by atoms with Crippen molar-refractivity contribution in [1.29, 1.82) is 0 Å². The Morgan fingerprint density at radius 2 is 1.84 bits per heavy atom. The molecule has 0 atom stereocenters. The first-order valence-corrected chi connectivity index (χ1v) is 9.62. The molecule has 0 amide bonds. The number of aromatic nitrogens is 1. The summed E-state index contributed by atoms with van der Waals surface area (Å²) in [5.74, 6) is 0.958. The predicted octanol–water partition coefficient (Wildman–Crippen LogP) is 3.77. The third kappa shape index (κ3) is 4.48. The van der Waals surface area contributed by atoms with Crippen molar-refractivity contribution in [3.63, 3.8) is 0 Å². The number of rotatable bonds is 6. The molecule has 0 aliphatic rings. The zero-order chi connectivity index (χ0) is 17.9. The number of hydrogen-bond acceptors (Lipinski definition) is 5. The summed E-state index contributed by atoms with van der Waals surface area (Å²) in [5, 5.41) is 0. The summed E-state index contributed by atoms with van der Waals surface area (Å²) < 4.78 is 35.4. The highest BCUT2D eigenvalue weighted by Gasteiger charge is 2.17. The van der Waals surface area contributed by atoms with Crippen LogP contribution < -0.4 is 4.74 Å². The van der Waals surface area contributed by atoms with Crippen LogP contribution in [0.2, 0.25) is 0 Å². The standard InChI is InChI=1S/C19H19NO4S/c1-14-4-3-5-15(10-14)12-25(21,22)13-17-11-24-19(20-17)16-6-8-18(23-2)9-7-16/h3-11H,12-13H2,1-2H3. The minimum absolute atomic E-state index is 0.0145. The monoisotopic (exact) mass is 357 g/mol. The minimum atomic E-state index is -3.33. The van der Waals surface area contributed by atoms with Crippen molar-refractivity contribution >= 4 is 9.84 Å². The van der Waals surface area contributed by atoms with E-state index < -0.39 is 9.84 Å². The van der Waals surface area contributed by atoms with Gasteiger partial charge < -0.3 is 9.15 Å². The lowest BCUT2D eigenvalue weighted by Crippen LogP contribution is -2.08. The van der Waals surface area contributed by atoms with Crippen LogP contribution in [0.5, 0.6) is 5.75 Å². The molecule has 1 aromatic heterocycles. The van der Waals surface area contributed by atoms with Gasteiger partial charge in [-0.2, -0.15) is 0 Å². The SMILES string of the molecule is COc1ccc(-c2nc(CS(=O)(=O)Cc3cccc(C)c3)co2)cc1. The lowest BCUT2D eigenvalue weighted by molar-refractivity contribution is 0.415. The van der Waals surface area contributed by atoms with E-state index in [9.17, 15) is 8.42 Å². The maximum Gasteiger partial charge on any atom is 0.226 e. The number of benzene rings is 2. The molecule has 0 aliphatic heterocycles. The molecule has 1 heterocycles. The molecule has 0 N–H and O–H groups in total. The number of oxazole rings is 1. The second-order valence-electron chi connectivity index (χ2n) is 5.89. The van der Waals surface area contributed by atoms with Crippen LogP contribution in [0.25, 0.3) is 11.5 Å². The van der Waals surface area contributed by atoms with Gasteiger partial charge in [-0.15, -0.1) is 0 Å². The molecule has 0 radical (unpaired) electrons. The molecule has 3 aromatic rings. The number of methoxy groups -OCH3 is 1. The van der Waals surface area contributed by atoms with E-state index in [2.05, 4.69) is 4.98 Å². The van der Waals surface area contributed by atoms with Gasteiger partial charge >= 0.3 is 0 Å². The number of ether oxygens (including phenoxy) is 1. The predicted molar refractivity (Wildman–Crippen MR) is 96.0 cm³/mol. The second kappa shape index (κ2) is 7.11. The molecule has 6 heteroatoms. The van der Waals surface area contributed by atoms with Crippen molar-refractivity contribution < 1.29 is 17.6 Å². The zero-order valence-corrected chi connectivity index (χ0v) is 14.9. The average Bonchev–Trinajstić information content (AvgIpc) is 3.02. The normalized spacial score (nSPS) is 11.4. The highest BCUT2D eigenvalue weighted by atomic mass is 32.2. The summed E-state index contributed by atoms with van der Waals surface area (Å²) >= 11 is 0. The van der Waals surface area contributed by atoms with Crippen molar-refractivity contribution in [2.45, 2.75) is 18.4 Å². The molecule has 0 saturated carbocycles. The summed E-state index contributed by atoms with van der Waals surface area (Å²) in [7, 11) is -1.73. The fourth-order valence-corrected chi connectivity index (χ4v) is 3.94. The second-order valence-corrected chi connectivity index (χ2v) is 7.96. The zero-order valence-electron chi connectivity index (χ0n) is 14.1. The third-order valence-electron chi connectivity index (χ3n) is 3.73. The Bertz CT molecular complexity index is 959. The van der Waals surface area contributed by atoms with Gasteiger partial charge in [0.2, 0.25) is 5.89 Å². The summed E-state index contributed by atoms with van der Waals surface area (Å²) in [6.07, 6.45) is 1.40. The molecule has 5 nitrogen and oxygen atoms in total. The molecule has 0 bridgehead atoms. The fraction of sp³-hybridized carbons (Fsp3) is 0.211. The first-order chi connectivity index (χ1) is 11.9. The van der Waals surface area contributed by atoms with E-state index in [1.54, 1.807) is 19.2 Å². The quantitative estimate of drug-likeness (QED) is 0.671. The molecule has 130 valence electrons. The first-order valence-electron chi connectivity index (χ1n) is 7.80. The molecule has 25 heavy (non-hydrogen) atoms. The molecule has 0 saturated heterocycles. The van der Waals surface area contributed by atoms with Crippen molar-refractivity contribution in [3.05, 3.63) is 71.6 Å². The van der Waals surface area contributed by atoms with Crippen LogP contribution in [0.3, 0.4) is 0 Å². The number of aryl methyl sites for hydroxylation is 1. The van der Waals surface area contributed by atoms with Gasteiger partial charge in [0.1, 0.15) is 12.0 Å². The van der Waals surface area contributed by atoms with Crippen LogP contribution >= 0.6 is 0 Å². The lowest BCUT2D eigenvalue weighted by atomic mass is 10.2. The highest BCUT2D eigenvalue weighted by Crippen LogP contribution is 2.23. The van der Waals surface area contributed by atoms with Crippen molar-refractivity contribution in [1.82, 2.24) is 4.98 Å². The fourth-order valence-electron chi connectivity index (χ4n) is 2.57. The summed E-state index contributed by atoms with van der Waals surface area (Å²) in [6.45, 7) is 1.94. The Hall–Kier alpha value is -2.60. The van der Waals surface area contributed by atoms with Crippen LogP contribution in [-0.4, -0.2) is 20.5 Å². The largest absolute Gasteiger partial charge is 0.497 e. The van der Waals surface area contributed by atoms with E-state index >= 15 is 0 Å². The smallest absolute Gasteiger partial charge is 0.226 e. The van der Waals surface area contributed by atoms with E-state index in [-0.39, 0.29) is 11.5 Å². The Labute approximate surface area is 147 Å². The van der Waals surface area contributed by atoms with E-state index in [4.69, 9.17) is 9.15 Å². The van der Waals surface area contributed by atoms with Crippen LogP contribution in [0.4, 0.5) is 0 Å². The van der Waals surface area contributed by atoms with Crippen molar-refractivity contribution in [2.24, 2.45) is 0 Å². The van der Waals surface area contributed by atoms with Crippen LogP contribution in [-0.2, 0) is 21.3 Å². The summed E-state index contributed by atoms with van der Waals surface area (Å²) in [6, 6.07) is 14.7. The van der Waals surface area contributed by atoms with Gasteiger partial charge in [-0.05, 0) is 36.8 Å². The molecule has 0 spiro atoms. The Morgan fingerprint density at radius 3 is 2.52 bits per heavy atom. The van der Waals surface area contributed by atoms with Crippen LogP contribution in [0.15, 0.2) is 59.2 Å². The molecule has 0 aliphatic carbocycles. The van der Waals surface area contributed by atoms with E-state index in [0.717, 1.165) is 22.4 Å².